The van der Waals surface area contributed by atoms with Crippen molar-refractivity contribution in [2.75, 3.05) is 15.9 Å². The number of hydrogen-bond donors (Lipinski definition) is 1. The van der Waals surface area contributed by atoms with Gasteiger partial charge in [-0.3, -0.25) is 9.10 Å². The molecule has 0 unspecified atom stereocenters. The van der Waals surface area contributed by atoms with Gasteiger partial charge in [-0.1, -0.05) is 36.7 Å². The number of benzene rings is 2. The molecular formula is C20H25ClN2O3S. The zero-order valence-electron chi connectivity index (χ0n) is 16.2. The summed E-state index contributed by atoms with van der Waals surface area (Å²) in [7, 11) is -3.67. The number of carbonyl (C=O) groups excluding carboxylic acids is 1. The molecule has 5 nitrogen and oxygen atoms in total. The van der Waals surface area contributed by atoms with E-state index in [4.69, 9.17) is 11.6 Å². The summed E-state index contributed by atoms with van der Waals surface area (Å²) in [6.45, 7) is 7.38. The second-order valence-corrected chi connectivity index (χ2v) is 8.99. The number of carbonyl (C=O) groups is 1. The summed E-state index contributed by atoms with van der Waals surface area (Å²) >= 11 is 6.12. The Hall–Kier alpha value is -2.05. The number of nitrogens with zero attached hydrogens (tertiary/aromatic N) is 1. The molecule has 1 N–H and O–H groups in total. The molecule has 0 saturated carbocycles. The Morgan fingerprint density at radius 3 is 2.30 bits per heavy atom. The van der Waals surface area contributed by atoms with E-state index in [1.165, 1.54) is 4.31 Å². The average molecular weight is 409 g/mol. The predicted octanol–water partition coefficient (Wildman–Crippen LogP) is 4.45. The fourth-order valence-corrected chi connectivity index (χ4v) is 4.33. The summed E-state index contributed by atoms with van der Waals surface area (Å²) in [6, 6.07) is 9.88. The highest BCUT2D eigenvalue weighted by Crippen LogP contribution is 2.28. The van der Waals surface area contributed by atoms with Crippen molar-refractivity contribution in [1.82, 2.24) is 0 Å². The maximum Gasteiger partial charge on any atom is 0.248 e. The normalized spacial score (nSPS) is 12.5. The molecule has 0 bridgehead atoms. The highest BCUT2D eigenvalue weighted by molar-refractivity contribution is 7.92. The molecule has 1 amide bonds. The van der Waals surface area contributed by atoms with Crippen LogP contribution in [0.4, 0.5) is 11.4 Å². The van der Waals surface area contributed by atoms with Gasteiger partial charge in [0.1, 0.15) is 6.04 Å². The van der Waals surface area contributed by atoms with Gasteiger partial charge in [-0.05, 0) is 62.1 Å². The van der Waals surface area contributed by atoms with Gasteiger partial charge >= 0.3 is 0 Å². The van der Waals surface area contributed by atoms with Crippen LogP contribution in [0.2, 0.25) is 5.02 Å². The molecule has 0 radical (unpaired) electrons. The lowest BCUT2D eigenvalue weighted by Crippen LogP contribution is -2.47. The summed E-state index contributed by atoms with van der Waals surface area (Å²) in [5.74, 6) is -0.399. The molecule has 0 saturated heterocycles. The third-order valence-electron chi connectivity index (χ3n) is 4.37. The van der Waals surface area contributed by atoms with Crippen LogP contribution in [-0.2, 0) is 14.8 Å². The lowest BCUT2D eigenvalue weighted by atomic mass is 10.1. The number of hydrogen-bond acceptors (Lipinski definition) is 3. The Kier molecular flexibility index (Phi) is 6.54. The molecule has 1 atom stereocenters. The van der Waals surface area contributed by atoms with Crippen LogP contribution in [0.3, 0.4) is 0 Å². The lowest BCUT2D eigenvalue weighted by Gasteiger charge is -2.31. The van der Waals surface area contributed by atoms with Gasteiger partial charge in [0.05, 0.1) is 11.9 Å². The van der Waals surface area contributed by atoms with E-state index in [9.17, 15) is 13.2 Å². The number of halogens is 1. The highest BCUT2D eigenvalue weighted by atomic mass is 35.5. The topological polar surface area (TPSA) is 66.5 Å². The second-order valence-electron chi connectivity index (χ2n) is 6.73. The van der Waals surface area contributed by atoms with E-state index in [-0.39, 0.29) is 0 Å². The molecule has 7 heteroatoms. The standard InChI is InChI=1S/C20H25ClN2O3S/c1-6-18(20(24)22-16-10-9-14(3)17(21)12-16)23(27(5,25)26)19-11-13(2)7-8-15(19)4/h7-12,18H,6H2,1-5H3,(H,22,24)/t18-/m0/s1. The van der Waals surface area contributed by atoms with Crippen molar-refractivity contribution in [1.29, 1.82) is 0 Å². The first-order valence-electron chi connectivity index (χ1n) is 8.68. The van der Waals surface area contributed by atoms with Crippen LogP contribution in [-0.4, -0.2) is 26.6 Å². The van der Waals surface area contributed by atoms with Crippen LogP contribution in [0.15, 0.2) is 36.4 Å². The van der Waals surface area contributed by atoms with Gasteiger partial charge in [0.15, 0.2) is 0 Å². The van der Waals surface area contributed by atoms with Crippen molar-refractivity contribution in [3.63, 3.8) is 0 Å². The first kappa shape index (κ1) is 21.3. The molecule has 0 aliphatic carbocycles. The van der Waals surface area contributed by atoms with Crippen molar-refractivity contribution < 1.29 is 13.2 Å². The van der Waals surface area contributed by atoms with Gasteiger partial charge in [-0.15, -0.1) is 0 Å². The van der Waals surface area contributed by atoms with Crippen LogP contribution in [0.25, 0.3) is 0 Å². The molecule has 146 valence electrons. The van der Waals surface area contributed by atoms with E-state index in [1.54, 1.807) is 31.2 Å². The van der Waals surface area contributed by atoms with E-state index in [0.717, 1.165) is 22.9 Å². The summed E-state index contributed by atoms with van der Waals surface area (Å²) in [4.78, 5) is 12.9. The summed E-state index contributed by atoms with van der Waals surface area (Å²) < 4.78 is 26.4. The minimum absolute atomic E-state index is 0.325. The Bertz CT molecular complexity index is 958. The van der Waals surface area contributed by atoms with Crippen molar-refractivity contribution in [2.24, 2.45) is 0 Å². The van der Waals surface area contributed by atoms with Crippen molar-refractivity contribution >= 4 is 38.9 Å². The average Bonchev–Trinajstić information content (AvgIpc) is 2.57. The number of amides is 1. The first-order chi connectivity index (χ1) is 12.5. The third kappa shape index (κ3) is 5.02. The van der Waals surface area contributed by atoms with Crippen molar-refractivity contribution in [3.05, 3.63) is 58.1 Å². The molecule has 0 heterocycles. The van der Waals surface area contributed by atoms with E-state index < -0.39 is 22.0 Å². The quantitative estimate of drug-likeness (QED) is 0.767. The Morgan fingerprint density at radius 1 is 1.11 bits per heavy atom. The van der Waals surface area contributed by atoms with Gasteiger partial charge in [-0.2, -0.15) is 0 Å². The maximum atomic E-state index is 12.9. The number of aryl methyl sites for hydroxylation is 3. The molecule has 2 aromatic rings. The van der Waals surface area contributed by atoms with Crippen LogP contribution in [0.5, 0.6) is 0 Å². The van der Waals surface area contributed by atoms with Gasteiger partial charge < -0.3 is 5.32 Å². The summed E-state index contributed by atoms with van der Waals surface area (Å²) in [6.07, 6.45) is 1.44. The number of nitrogens with one attached hydrogen (secondary N) is 1. The number of rotatable bonds is 6. The predicted molar refractivity (Wildman–Crippen MR) is 112 cm³/mol. The Morgan fingerprint density at radius 2 is 1.74 bits per heavy atom. The zero-order chi connectivity index (χ0) is 20.4. The molecule has 2 rings (SSSR count). The fourth-order valence-electron chi connectivity index (χ4n) is 2.89. The van der Waals surface area contributed by atoms with Crippen LogP contribution >= 0.6 is 11.6 Å². The van der Waals surface area contributed by atoms with E-state index >= 15 is 0 Å². The second kappa shape index (κ2) is 8.31. The number of sulfonamides is 1. The Labute approximate surface area is 166 Å². The minimum atomic E-state index is -3.67. The number of anilines is 2. The molecular weight excluding hydrogens is 384 g/mol. The summed E-state index contributed by atoms with van der Waals surface area (Å²) in [5.41, 5.74) is 3.65. The van der Waals surface area contributed by atoms with Gasteiger partial charge in [0, 0.05) is 10.7 Å². The van der Waals surface area contributed by atoms with Crippen LogP contribution < -0.4 is 9.62 Å². The monoisotopic (exact) mass is 408 g/mol. The molecule has 27 heavy (non-hydrogen) atoms. The SMILES string of the molecule is CC[C@@H](C(=O)Nc1ccc(C)c(Cl)c1)N(c1cc(C)ccc1C)S(C)(=O)=O. The smallest absolute Gasteiger partial charge is 0.248 e. The van der Waals surface area contributed by atoms with Crippen LogP contribution in [0.1, 0.15) is 30.0 Å². The van der Waals surface area contributed by atoms with Crippen molar-refractivity contribution in [2.45, 2.75) is 40.2 Å². The molecule has 0 spiro atoms. The molecule has 2 aromatic carbocycles. The van der Waals surface area contributed by atoms with Crippen molar-refractivity contribution in [3.8, 4) is 0 Å². The van der Waals surface area contributed by atoms with Gasteiger partial charge in [0.2, 0.25) is 15.9 Å². The fraction of sp³-hybridized carbons (Fsp3) is 0.350. The zero-order valence-corrected chi connectivity index (χ0v) is 17.8. The first-order valence-corrected chi connectivity index (χ1v) is 10.9. The minimum Gasteiger partial charge on any atom is -0.324 e. The molecule has 0 aliphatic rings. The van der Waals surface area contributed by atoms with Crippen LogP contribution in [0, 0.1) is 20.8 Å². The van der Waals surface area contributed by atoms with E-state index in [0.29, 0.717) is 22.8 Å². The molecule has 0 aromatic heterocycles. The highest BCUT2D eigenvalue weighted by Gasteiger charge is 2.32. The molecule has 0 aliphatic heterocycles. The summed E-state index contributed by atoms with van der Waals surface area (Å²) in [5, 5.41) is 3.33. The van der Waals surface area contributed by atoms with Gasteiger partial charge in [0.25, 0.3) is 0 Å². The third-order valence-corrected chi connectivity index (χ3v) is 5.94. The molecule has 0 fully saturated rings. The maximum absolute atomic E-state index is 12.9. The van der Waals surface area contributed by atoms with Gasteiger partial charge in [-0.25, -0.2) is 8.42 Å². The Balaban J connectivity index is 2.44. The van der Waals surface area contributed by atoms with E-state index in [2.05, 4.69) is 5.32 Å². The largest absolute Gasteiger partial charge is 0.324 e. The lowest BCUT2D eigenvalue weighted by molar-refractivity contribution is -0.117. The van der Waals surface area contributed by atoms with E-state index in [1.807, 2.05) is 32.9 Å².